The highest BCUT2D eigenvalue weighted by atomic mass is 16.6. The maximum atomic E-state index is 12.2. The van der Waals surface area contributed by atoms with Gasteiger partial charge in [0.25, 0.3) is 0 Å². The maximum absolute atomic E-state index is 12.2. The average molecular weight is 319 g/mol. The fourth-order valence-electron chi connectivity index (χ4n) is 2.84. The minimum atomic E-state index is -0.661. The molecule has 1 heterocycles. The fraction of sp³-hybridized carbons (Fsp3) is 0.556. The largest absolute Gasteiger partial charge is 0.454 e. The molecule has 5 heteroatoms. The third-order valence-corrected chi connectivity index (χ3v) is 3.86. The Kier molecular flexibility index (Phi) is 4.97. The molecule has 0 bridgehead atoms. The van der Waals surface area contributed by atoms with Crippen molar-refractivity contribution >= 4 is 12.1 Å². The molecule has 5 nitrogen and oxygen atoms in total. The van der Waals surface area contributed by atoms with E-state index in [9.17, 15) is 9.59 Å². The summed E-state index contributed by atoms with van der Waals surface area (Å²) in [5, 5.41) is 0. The van der Waals surface area contributed by atoms with Gasteiger partial charge in [-0.2, -0.15) is 0 Å². The number of piperidine rings is 1. The SMILES string of the molecule is CC(=O)OC1(c2ccccc2)CCN(C(=O)OC(C)(C)C)CC1. The van der Waals surface area contributed by atoms with E-state index in [0.29, 0.717) is 25.9 Å². The monoisotopic (exact) mass is 319 g/mol. The van der Waals surface area contributed by atoms with Gasteiger partial charge in [-0.3, -0.25) is 4.79 Å². The number of esters is 1. The lowest BCUT2D eigenvalue weighted by Gasteiger charge is -2.41. The van der Waals surface area contributed by atoms with E-state index in [2.05, 4.69) is 0 Å². The van der Waals surface area contributed by atoms with Crippen LogP contribution in [0.1, 0.15) is 46.1 Å². The van der Waals surface area contributed by atoms with Gasteiger partial charge in [0.15, 0.2) is 0 Å². The average Bonchev–Trinajstić information content (AvgIpc) is 2.46. The smallest absolute Gasteiger partial charge is 0.410 e. The Morgan fingerprint density at radius 3 is 2.13 bits per heavy atom. The van der Waals surface area contributed by atoms with Crippen LogP contribution in [0.4, 0.5) is 4.79 Å². The van der Waals surface area contributed by atoms with Gasteiger partial charge < -0.3 is 14.4 Å². The second kappa shape index (κ2) is 6.60. The van der Waals surface area contributed by atoms with E-state index in [1.807, 2.05) is 51.1 Å². The highest BCUT2D eigenvalue weighted by Gasteiger charge is 2.41. The quantitative estimate of drug-likeness (QED) is 0.783. The Labute approximate surface area is 137 Å². The molecule has 0 aromatic heterocycles. The molecule has 0 radical (unpaired) electrons. The minimum Gasteiger partial charge on any atom is -0.454 e. The first-order chi connectivity index (χ1) is 10.7. The summed E-state index contributed by atoms with van der Waals surface area (Å²) in [6, 6.07) is 9.72. The number of amides is 1. The lowest BCUT2D eigenvalue weighted by Crippen LogP contribution is -2.48. The molecule has 126 valence electrons. The van der Waals surface area contributed by atoms with Crippen molar-refractivity contribution in [3.8, 4) is 0 Å². The van der Waals surface area contributed by atoms with Gasteiger partial charge >= 0.3 is 12.1 Å². The Bertz CT molecular complexity index is 554. The molecular formula is C18H25NO4. The summed E-state index contributed by atoms with van der Waals surface area (Å²) in [6.45, 7) is 7.96. The third kappa shape index (κ3) is 4.47. The summed E-state index contributed by atoms with van der Waals surface area (Å²) in [5.41, 5.74) is -0.203. The predicted molar refractivity (Wildman–Crippen MR) is 86.9 cm³/mol. The molecule has 2 rings (SSSR count). The molecule has 0 saturated carbocycles. The van der Waals surface area contributed by atoms with Crippen LogP contribution in [0.15, 0.2) is 30.3 Å². The molecule has 0 aliphatic carbocycles. The number of hydrogen-bond donors (Lipinski definition) is 0. The van der Waals surface area contributed by atoms with Gasteiger partial charge in [0.1, 0.15) is 11.2 Å². The molecule has 1 amide bonds. The van der Waals surface area contributed by atoms with Crippen molar-refractivity contribution in [3.05, 3.63) is 35.9 Å². The van der Waals surface area contributed by atoms with Gasteiger partial charge in [-0.15, -0.1) is 0 Å². The van der Waals surface area contributed by atoms with Gasteiger partial charge in [-0.1, -0.05) is 30.3 Å². The van der Waals surface area contributed by atoms with E-state index in [-0.39, 0.29) is 12.1 Å². The number of rotatable bonds is 2. The predicted octanol–water partition coefficient (Wildman–Crippen LogP) is 3.48. The highest BCUT2D eigenvalue weighted by molar-refractivity contribution is 5.69. The van der Waals surface area contributed by atoms with Gasteiger partial charge in [0, 0.05) is 32.9 Å². The van der Waals surface area contributed by atoms with Crippen LogP contribution in [0.5, 0.6) is 0 Å². The number of likely N-dealkylation sites (tertiary alicyclic amines) is 1. The number of benzene rings is 1. The van der Waals surface area contributed by atoms with Crippen molar-refractivity contribution in [1.82, 2.24) is 4.90 Å². The van der Waals surface area contributed by atoms with Gasteiger partial charge in [0.2, 0.25) is 0 Å². The molecule has 1 aliphatic heterocycles. The number of nitrogens with zero attached hydrogens (tertiary/aromatic N) is 1. The summed E-state index contributed by atoms with van der Waals surface area (Å²) in [6.07, 6.45) is 0.813. The van der Waals surface area contributed by atoms with Crippen LogP contribution in [0.3, 0.4) is 0 Å². The Balaban J connectivity index is 2.11. The second-order valence-electron chi connectivity index (χ2n) is 6.92. The van der Waals surface area contributed by atoms with Crippen LogP contribution in [0.25, 0.3) is 0 Å². The van der Waals surface area contributed by atoms with E-state index in [1.54, 1.807) is 4.90 Å². The molecule has 0 unspecified atom stereocenters. The number of ether oxygens (including phenoxy) is 2. The zero-order chi connectivity index (χ0) is 17.1. The van der Waals surface area contributed by atoms with E-state index in [4.69, 9.17) is 9.47 Å². The molecular weight excluding hydrogens is 294 g/mol. The van der Waals surface area contributed by atoms with Crippen molar-refractivity contribution in [3.63, 3.8) is 0 Å². The normalized spacial score (nSPS) is 17.5. The van der Waals surface area contributed by atoms with Crippen molar-refractivity contribution in [2.45, 2.75) is 51.7 Å². The summed E-state index contributed by atoms with van der Waals surface area (Å²) in [5.74, 6) is -0.306. The molecule has 0 atom stereocenters. The molecule has 1 fully saturated rings. The molecule has 23 heavy (non-hydrogen) atoms. The van der Waals surface area contributed by atoms with E-state index in [0.717, 1.165) is 5.56 Å². The van der Waals surface area contributed by atoms with Crippen LogP contribution in [-0.2, 0) is 19.9 Å². The second-order valence-corrected chi connectivity index (χ2v) is 6.92. The molecule has 1 aliphatic rings. The lowest BCUT2D eigenvalue weighted by molar-refractivity contribution is -0.163. The Hall–Kier alpha value is -2.04. The van der Waals surface area contributed by atoms with Crippen molar-refractivity contribution < 1.29 is 19.1 Å². The summed E-state index contributed by atoms with van der Waals surface area (Å²) in [7, 11) is 0. The van der Waals surface area contributed by atoms with E-state index in [1.165, 1.54) is 6.92 Å². The maximum Gasteiger partial charge on any atom is 0.410 e. The van der Waals surface area contributed by atoms with Crippen LogP contribution in [0.2, 0.25) is 0 Å². The van der Waals surface area contributed by atoms with Crippen molar-refractivity contribution in [1.29, 1.82) is 0 Å². The van der Waals surface area contributed by atoms with E-state index < -0.39 is 11.2 Å². The molecule has 1 aromatic rings. The van der Waals surface area contributed by atoms with Gasteiger partial charge in [-0.25, -0.2) is 4.79 Å². The zero-order valence-corrected chi connectivity index (χ0v) is 14.3. The van der Waals surface area contributed by atoms with Crippen LogP contribution in [0, 0.1) is 0 Å². The Morgan fingerprint density at radius 2 is 1.65 bits per heavy atom. The molecule has 0 spiro atoms. The van der Waals surface area contributed by atoms with Crippen LogP contribution < -0.4 is 0 Å². The first kappa shape index (κ1) is 17.3. The molecule has 1 aromatic carbocycles. The summed E-state index contributed by atoms with van der Waals surface area (Å²) < 4.78 is 11.1. The first-order valence-corrected chi connectivity index (χ1v) is 7.95. The molecule has 1 saturated heterocycles. The van der Waals surface area contributed by atoms with E-state index >= 15 is 0 Å². The number of hydrogen-bond acceptors (Lipinski definition) is 4. The fourth-order valence-corrected chi connectivity index (χ4v) is 2.84. The van der Waals surface area contributed by atoms with Crippen molar-refractivity contribution in [2.24, 2.45) is 0 Å². The first-order valence-electron chi connectivity index (χ1n) is 7.95. The van der Waals surface area contributed by atoms with Gasteiger partial charge in [0.05, 0.1) is 0 Å². The summed E-state index contributed by atoms with van der Waals surface area (Å²) >= 11 is 0. The topological polar surface area (TPSA) is 55.8 Å². The minimum absolute atomic E-state index is 0.306. The van der Waals surface area contributed by atoms with Crippen LogP contribution >= 0.6 is 0 Å². The standard InChI is InChI=1S/C18H25NO4/c1-14(20)22-18(15-8-6-5-7-9-15)10-12-19(13-11-18)16(21)23-17(2,3)4/h5-9H,10-13H2,1-4H3. The highest BCUT2D eigenvalue weighted by Crippen LogP contribution is 2.37. The summed E-state index contributed by atoms with van der Waals surface area (Å²) in [4.78, 5) is 25.4. The Morgan fingerprint density at radius 1 is 1.09 bits per heavy atom. The third-order valence-electron chi connectivity index (χ3n) is 3.86. The van der Waals surface area contributed by atoms with Crippen molar-refractivity contribution in [2.75, 3.05) is 13.1 Å². The van der Waals surface area contributed by atoms with Gasteiger partial charge in [-0.05, 0) is 26.3 Å². The lowest BCUT2D eigenvalue weighted by atomic mass is 9.84. The number of carbonyl (C=O) groups excluding carboxylic acids is 2. The zero-order valence-electron chi connectivity index (χ0n) is 14.3. The molecule has 0 N–H and O–H groups in total. The van der Waals surface area contributed by atoms with Crippen LogP contribution in [-0.4, -0.2) is 35.7 Å². The number of carbonyl (C=O) groups is 2.